The van der Waals surface area contributed by atoms with Gasteiger partial charge in [0.2, 0.25) is 0 Å². The summed E-state index contributed by atoms with van der Waals surface area (Å²) in [6.45, 7) is -0.270. The van der Waals surface area contributed by atoms with Gasteiger partial charge in [-0.2, -0.15) is 0 Å². The van der Waals surface area contributed by atoms with Crippen molar-refractivity contribution in [1.29, 1.82) is 0 Å². The van der Waals surface area contributed by atoms with E-state index in [1.807, 2.05) is 12.1 Å². The monoisotopic (exact) mass is 1230 g/mol. The SMILES string of the molecule is c1ccc(-c2cccc3c4ccccc4n(-c4ccc5c(c4)B4c6cc(-n7c8ccccc8c8cccc(-c9ccccc9)c87)ccc6N(c6ccccc6-c6ccc7oc8ccccc8c7c6)c6cccc(c64)N5c4ccccc4-c4ccc5oc6ccccc6c5c4)c23)cc1. The maximum atomic E-state index is 6.48. The van der Waals surface area contributed by atoms with Crippen LogP contribution in [0.2, 0.25) is 0 Å². The molecule has 6 heterocycles. The smallest absolute Gasteiger partial charge is 0.252 e. The van der Waals surface area contributed by atoms with Gasteiger partial charge in [0.1, 0.15) is 22.3 Å². The molecule has 97 heavy (non-hydrogen) atoms. The predicted molar refractivity (Wildman–Crippen MR) is 405 cm³/mol. The molecule has 2 aliphatic heterocycles. The van der Waals surface area contributed by atoms with Gasteiger partial charge >= 0.3 is 0 Å². The lowest BCUT2D eigenvalue weighted by Crippen LogP contribution is -2.61. The average molecular weight is 1240 g/mol. The zero-order valence-electron chi connectivity index (χ0n) is 52.4. The Labute approximate surface area is 558 Å². The Kier molecular flexibility index (Phi) is 11.5. The van der Waals surface area contributed by atoms with Crippen LogP contribution in [0.1, 0.15) is 0 Å². The Morgan fingerprint density at radius 1 is 0.227 bits per heavy atom. The second-order valence-corrected chi connectivity index (χ2v) is 25.8. The van der Waals surface area contributed by atoms with E-state index >= 15 is 0 Å². The first-order valence-electron chi connectivity index (χ1n) is 33.3. The molecule has 0 fully saturated rings. The highest BCUT2D eigenvalue weighted by Crippen LogP contribution is 2.51. The molecule has 0 spiro atoms. The van der Waals surface area contributed by atoms with Gasteiger partial charge in [-0.3, -0.25) is 0 Å². The minimum atomic E-state index is -0.270. The molecule has 0 atom stereocenters. The standard InChI is InChI=1S/C90H55BN4O2/c1-3-22-56(23-4-1)64-32-19-34-70-66-28-9-15-38-78(66)92(89(64)70)60-46-48-80-74(54-60)91-75-55-61(93-79-39-16-10-29-67(79)71-35-20-33-65(90(71)93)57-24-5-2-6-25-57)47-49-81(75)95(77-37-14-8-27-63(77)59-45-51-87-73(53-59)69-31-12-18-43-85(69)97-87)83-41-21-40-82(88(83)91)94(80)76-36-13-7-26-62(76)58-44-50-86-72(52-58)68-30-11-17-42-84(68)96-86/h1-55H. The maximum Gasteiger partial charge on any atom is 0.252 e. The van der Waals surface area contributed by atoms with Gasteiger partial charge in [-0.05, 0) is 148 Å². The van der Waals surface area contributed by atoms with E-state index < -0.39 is 0 Å². The summed E-state index contributed by atoms with van der Waals surface area (Å²) in [6.07, 6.45) is 0. The van der Waals surface area contributed by atoms with Crippen LogP contribution in [0, 0.1) is 0 Å². The van der Waals surface area contributed by atoms with Crippen LogP contribution in [-0.4, -0.2) is 15.8 Å². The summed E-state index contributed by atoms with van der Waals surface area (Å²) in [6, 6.07) is 123. The highest BCUT2D eigenvalue weighted by Gasteiger charge is 2.45. The third-order valence-electron chi connectivity index (χ3n) is 20.7. The van der Waals surface area contributed by atoms with Gasteiger partial charge in [-0.1, -0.05) is 224 Å². The van der Waals surface area contributed by atoms with Crippen LogP contribution in [-0.2, 0) is 0 Å². The Morgan fingerprint density at radius 3 is 1.08 bits per heavy atom. The Balaban J connectivity index is 0.873. The molecule has 0 radical (unpaired) electrons. The fourth-order valence-electron chi connectivity index (χ4n) is 16.6. The number of rotatable bonds is 8. The molecule has 7 heteroatoms. The zero-order chi connectivity index (χ0) is 63.4. The van der Waals surface area contributed by atoms with Gasteiger partial charge in [0.25, 0.3) is 6.71 Å². The minimum absolute atomic E-state index is 0.270. The molecule has 0 bridgehead atoms. The molecular weight excluding hydrogens is 1180 g/mol. The van der Waals surface area contributed by atoms with Crippen molar-refractivity contribution >= 4 is 145 Å². The largest absolute Gasteiger partial charge is 0.456 e. The van der Waals surface area contributed by atoms with E-state index in [-0.39, 0.29) is 6.71 Å². The molecule has 4 aromatic heterocycles. The van der Waals surface area contributed by atoms with Crippen LogP contribution in [0.25, 0.3) is 143 Å². The van der Waals surface area contributed by atoms with Crippen molar-refractivity contribution in [1.82, 2.24) is 9.13 Å². The van der Waals surface area contributed by atoms with E-state index in [0.717, 1.165) is 123 Å². The van der Waals surface area contributed by atoms with Crippen molar-refractivity contribution in [2.24, 2.45) is 0 Å². The molecule has 21 rings (SSSR count). The molecule has 0 amide bonds. The first kappa shape index (κ1) is 53.6. The van der Waals surface area contributed by atoms with E-state index in [2.05, 4.69) is 340 Å². The van der Waals surface area contributed by atoms with Crippen LogP contribution in [0.15, 0.2) is 342 Å². The lowest BCUT2D eigenvalue weighted by atomic mass is 9.33. The molecule has 0 saturated heterocycles. The number of benzene rings is 15. The van der Waals surface area contributed by atoms with Gasteiger partial charge in [0.15, 0.2) is 0 Å². The van der Waals surface area contributed by atoms with Gasteiger partial charge in [0, 0.05) is 99.5 Å². The topological polar surface area (TPSA) is 42.6 Å². The Hall–Kier alpha value is -12.8. The van der Waals surface area contributed by atoms with E-state index in [0.29, 0.717) is 0 Å². The second kappa shape index (κ2) is 20.8. The summed E-state index contributed by atoms with van der Waals surface area (Å²) >= 11 is 0. The first-order chi connectivity index (χ1) is 48.1. The number of fused-ring (bicyclic) bond motifs is 16. The number of aromatic nitrogens is 2. The molecule has 450 valence electrons. The summed E-state index contributed by atoms with van der Waals surface area (Å²) in [4.78, 5) is 5.14. The average Bonchev–Trinajstić information content (AvgIpc) is 1.20. The van der Waals surface area contributed by atoms with Crippen molar-refractivity contribution in [2.75, 3.05) is 9.80 Å². The summed E-state index contributed by atoms with van der Waals surface area (Å²) in [7, 11) is 0. The molecule has 2 aliphatic rings. The number of hydrogen-bond donors (Lipinski definition) is 0. The quantitative estimate of drug-likeness (QED) is 0.142. The Morgan fingerprint density at radius 2 is 0.598 bits per heavy atom. The van der Waals surface area contributed by atoms with Crippen molar-refractivity contribution < 1.29 is 8.83 Å². The van der Waals surface area contributed by atoms with E-state index in [1.165, 1.54) is 71.2 Å². The van der Waals surface area contributed by atoms with Crippen LogP contribution in [0.5, 0.6) is 0 Å². The lowest BCUT2D eigenvalue weighted by Gasteiger charge is -2.45. The molecule has 6 nitrogen and oxygen atoms in total. The highest BCUT2D eigenvalue weighted by atomic mass is 16.3. The van der Waals surface area contributed by atoms with E-state index in [4.69, 9.17) is 8.83 Å². The first-order valence-corrected chi connectivity index (χ1v) is 33.3. The van der Waals surface area contributed by atoms with Gasteiger partial charge in [0.05, 0.1) is 33.4 Å². The number of furan rings is 2. The molecule has 0 N–H and O–H groups in total. The molecule has 0 aliphatic carbocycles. The van der Waals surface area contributed by atoms with Gasteiger partial charge in [-0.15, -0.1) is 0 Å². The number of nitrogens with zero attached hydrogens (tertiary/aromatic N) is 4. The van der Waals surface area contributed by atoms with Crippen molar-refractivity contribution in [3.63, 3.8) is 0 Å². The third-order valence-corrected chi connectivity index (χ3v) is 20.7. The molecule has 19 aromatic rings. The lowest BCUT2D eigenvalue weighted by molar-refractivity contribution is 0.668. The predicted octanol–water partition coefficient (Wildman–Crippen LogP) is 22.4. The van der Waals surface area contributed by atoms with Crippen LogP contribution in [0.4, 0.5) is 34.1 Å². The van der Waals surface area contributed by atoms with E-state index in [1.54, 1.807) is 0 Å². The fraction of sp³-hybridized carbons (Fsp3) is 0. The zero-order valence-corrected chi connectivity index (χ0v) is 52.4. The number of para-hydroxylation sites is 8. The van der Waals surface area contributed by atoms with Gasteiger partial charge in [-0.25, -0.2) is 0 Å². The van der Waals surface area contributed by atoms with Crippen LogP contribution < -0.4 is 26.2 Å². The molecular formula is C90H55BN4O2. The molecule has 0 unspecified atom stereocenters. The van der Waals surface area contributed by atoms with Gasteiger partial charge < -0.3 is 27.8 Å². The number of anilines is 6. The van der Waals surface area contributed by atoms with Crippen molar-refractivity contribution in [2.45, 2.75) is 0 Å². The van der Waals surface area contributed by atoms with Crippen molar-refractivity contribution in [3.8, 4) is 55.9 Å². The summed E-state index contributed by atoms with van der Waals surface area (Å²) < 4.78 is 18.0. The van der Waals surface area contributed by atoms with Crippen LogP contribution in [0.3, 0.4) is 0 Å². The summed E-state index contributed by atoms with van der Waals surface area (Å²) in [5.74, 6) is 0. The molecule has 15 aromatic carbocycles. The fourth-order valence-corrected chi connectivity index (χ4v) is 16.6. The van der Waals surface area contributed by atoms with E-state index in [9.17, 15) is 0 Å². The Bertz CT molecular complexity index is 6100. The normalized spacial score (nSPS) is 12.7. The number of hydrogen-bond acceptors (Lipinski definition) is 4. The third kappa shape index (κ3) is 7.91. The maximum absolute atomic E-state index is 6.48. The van der Waals surface area contributed by atoms with Crippen molar-refractivity contribution in [3.05, 3.63) is 334 Å². The second-order valence-electron chi connectivity index (χ2n) is 25.8. The molecule has 0 saturated carbocycles. The minimum Gasteiger partial charge on any atom is -0.456 e. The highest BCUT2D eigenvalue weighted by molar-refractivity contribution is 7.00. The summed E-state index contributed by atoms with van der Waals surface area (Å²) in [5, 5.41) is 9.22. The van der Waals surface area contributed by atoms with Crippen LogP contribution >= 0.6 is 0 Å². The summed E-state index contributed by atoms with van der Waals surface area (Å²) in [5.41, 5.74) is 29.7.